The predicted octanol–water partition coefficient (Wildman–Crippen LogP) is 2.56. The van der Waals surface area contributed by atoms with Crippen LogP contribution in [0.15, 0.2) is 34.2 Å². The number of carbonyl (C=O) groups excluding carboxylic acids is 1. The Hall–Kier alpha value is -2.31. The number of hydrogen-bond acceptors (Lipinski definition) is 8. The van der Waals surface area contributed by atoms with Gasteiger partial charge in [0.25, 0.3) is 5.56 Å². The average Bonchev–Trinajstić information content (AvgIpc) is 3.23. The molecule has 1 amide bonds. The summed E-state index contributed by atoms with van der Waals surface area (Å²) < 4.78 is 16.4. The summed E-state index contributed by atoms with van der Waals surface area (Å²) in [5.41, 5.74) is 3.30. The van der Waals surface area contributed by atoms with Gasteiger partial charge in [-0.05, 0) is 44.1 Å². The monoisotopic (exact) mass is 553 g/mol. The molecule has 3 aliphatic rings. The van der Waals surface area contributed by atoms with Crippen LogP contribution in [0.3, 0.4) is 0 Å². The number of piperidine rings is 1. The molecular formula is C23H26Cl2FN7O2S. The van der Waals surface area contributed by atoms with E-state index in [0.29, 0.717) is 41.5 Å². The third kappa shape index (κ3) is 5.08. The lowest BCUT2D eigenvalue weighted by molar-refractivity contribution is -0.113. The van der Waals surface area contributed by atoms with Gasteiger partial charge < -0.3 is 20.1 Å². The molecule has 5 heterocycles. The molecule has 13 heteroatoms. The highest BCUT2D eigenvalue weighted by Gasteiger charge is 2.31. The molecule has 0 bridgehead atoms. The van der Waals surface area contributed by atoms with Crippen LogP contribution in [0.5, 0.6) is 0 Å². The minimum absolute atomic E-state index is 0. The molecule has 1 saturated heterocycles. The second-order valence-electron chi connectivity index (χ2n) is 9.08. The third-order valence-corrected chi connectivity index (χ3v) is 7.85. The third-order valence-electron chi connectivity index (χ3n) is 6.87. The molecule has 3 aromatic rings. The quantitative estimate of drug-likeness (QED) is 0.496. The van der Waals surface area contributed by atoms with Crippen LogP contribution in [0, 0.1) is 5.82 Å². The number of fused-ring (bicyclic) bond motifs is 1. The largest absolute Gasteiger partial charge is 0.323 e. The number of nitrogens with one attached hydrogen (secondary N) is 2. The standard InChI is InChI=1S/C23H24FN7O2S.2ClH/c24-16-1-2-17-22-21(16)13(11-31(22)20(33)9-26-17)10-30-5-3-14(4-6-30)25-8-15-7-18-23(29-28-15)34-12-19(32)27-18;;/h1-2,7,9,13-14,25H,3-6,8,10-12H2,(H,27,32);2*1H. The molecule has 2 aromatic heterocycles. The van der Waals surface area contributed by atoms with Crippen molar-refractivity contribution in [2.45, 2.75) is 42.9 Å². The summed E-state index contributed by atoms with van der Waals surface area (Å²) in [6.07, 6.45) is 3.26. The summed E-state index contributed by atoms with van der Waals surface area (Å²) in [4.78, 5) is 30.5. The van der Waals surface area contributed by atoms with Gasteiger partial charge in [0.05, 0.1) is 34.4 Å². The van der Waals surface area contributed by atoms with Crippen LogP contribution in [0.4, 0.5) is 10.1 Å². The normalized spacial score (nSPS) is 19.4. The molecular weight excluding hydrogens is 528 g/mol. The molecule has 2 N–H and O–H groups in total. The number of amides is 1. The molecule has 192 valence electrons. The second-order valence-corrected chi connectivity index (χ2v) is 10.0. The maximum atomic E-state index is 14.7. The van der Waals surface area contributed by atoms with Crippen LogP contribution < -0.4 is 16.2 Å². The van der Waals surface area contributed by atoms with Crippen LogP contribution in [0.25, 0.3) is 11.0 Å². The number of likely N-dealkylation sites (tertiary alicyclic amines) is 1. The van der Waals surface area contributed by atoms with E-state index in [1.54, 1.807) is 10.6 Å². The van der Waals surface area contributed by atoms with Crippen molar-refractivity contribution in [1.29, 1.82) is 0 Å². The fraction of sp³-hybridized carbons (Fsp3) is 0.435. The van der Waals surface area contributed by atoms with Crippen molar-refractivity contribution in [1.82, 2.24) is 30.0 Å². The first kappa shape index (κ1) is 26.7. The van der Waals surface area contributed by atoms with Gasteiger partial charge in [-0.1, -0.05) is 11.8 Å². The molecule has 1 atom stereocenters. The Kier molecular flexibility index (Phi) is 8.15. The van der Waals surface area contributed by atoms with Crippen molar-refractivity contribution in [3.63, 3.8) is 0 Å². The molecule has 1 aromatic carbocycles. The van der Waals surface area contributed by atoms with E-state index in [0.717, 1.165) is 48.9 Å². The van der Waals surface area contributed by atoms with Gasteiger partial charge in [0.15, 0.2) is 0 Å². The first-order valence-electron chi connectivity index (χ1n) is 11.5. The number of rotatable bonds is 5. The lowest BCUT2D eigenvalue weighted by atomic mass is 9.97. The smallest absolute Gasteiger partial charge is 0.269 e. The van der Waals surface area contributed by atoms with E-state index in [1.165, 1.54) is 24.0 Å². The number of carbonyl (C=O) groups is 1. The van der Waals surface area contributed by atoms with E-state index < -0.39 is 0 Å². The molecule has 9 nitrogen and oxygen atoms in total. The molecule has 0 aliphatic carbocycles. The lowest BCUT2D eigenvalue weighted by Crippen LogP contribution is -2.43. The van der Waals surface area contributed by atoms with Crippen molar-refractivity contribution in [3.05, 3.63) is 51.8 Å². The number of aromatic nitrogens is 4. The molecule has 0 radical (unpaired) electrons. The summed E-state index contributed by atoms with van der Waals surface area (Å²) in [5.74, 6) is 0.0528. The SMILES string of the molecule is Cl.Cl.O=C1CSc2nnc(CNC3CCN(CC4Cn5c(=O)cnc6ccc(F)c4c65)CC3)cc2N1. The van der Waals surface area contributed by atoms with Gasteiger partial charge >= 0.3 is 0 Å². The molecule has 0 spiro atoms. The Morgan fingerprint density at radius 3 is 2.78 bits per heavy atom. The van der Waals surface area contributed by atoms with E-state index in [9.17, 15) is 14.0 Å². The van der Waals surface area contributed by atoms with Crippen LogP contribution in [0.1, 0.15) is 30.0 Å². The van der Waals surface area contributed by atoms with Crippen molar-refractivity contribution < 1.29 is 9.18 Å². The lowest BCUT2D eigenvalue weighted by Gasteiger charge is -2.34. The number of hydrogen-bond donors (Lipinski definition) is 2. The number of nitrogens with zero attached hydrogens (tertiary/aromatic N) is 5. The zero-order valence-electron chi connectivity index (χ0n) is 19.3. The molecule has 6 rings (SSSR count). The molecule has 3 aliphatic heterocycles. The van der Waals surface area contributed by atoms with Crippen molar-refractivity contribution in [3.8, 4) is 0 Å². The molecule has 1 unspecified atom stereocenters. The summed E-state index contributed by atoms with van der Waals surface area (Å²) in [6.45, 7) is 3.61. The Balaban J connectivity index is 0.00000152. The van der Waals surface area contributed by atoms with Gasteiger partial charge in [-0.2, -0.15) is 5.10 Å². The van der Waals surface area contributed by atoms with Crippen LogP contribution in [-0.4, -0.2) is 62.0 Å². The second kappa shape index (κ2) is 11.0. The molecule has 1 fully saturated rings. The Morgan fingerprint density at radius 1 is 1.17 bits per heavy atom. The highest BCUT2D eigenvalue weighted by molar-refractivity contribution is 8.00. The average molecular weight is 554 g/mol. The molecule has 0 saturated carbocycles. The van der Waals surface area contributed by atoms with Gasteiger partial charge in [-0.25, -0.2) is 9.37 Å². The maximum absolute atomic E-state index is 14.7. The molecule has 36 heavy (non-hydrogen) atoms. The van der Waals surface area contributed by atoms with Crippen molar-refractivity contribution >= 4 is 59.2 Å². The Morgan fingerprint density at radius 2 is 1.97 bits per heavy atom. The predicted molar refractivity (Wildman–Crippen MR) is 141 cm³/mol. The van der Waals surface area contributed by atoms with Gasteiger partial charge in [-0.3, -0.25) is 9.59 Å². The van der Waals surface area contributed by atoms with Gasteiger partial charge in [0.2, 0.25) is 5.91 Å². The fourth-order valence-corrected chi connectivity index (χ4v) is 5.90. The van der Waals surface area contributed by atoms with Gasteiger partial charge in [0.1, 0.15) is 10.8 Å². The zero-order chi connectivity index (χ0) is 23.2. The summed E-state index contributed by atoms with van der Waals surface area (Å²) in [5, 5.41) is 15.7. The minimum atomic E-state index is -0.256. The van der Waals surface area contributed by atoms with Crippen LogP contribution >= 0.6 is 36.6 Å². The number of thioether (sulfide) groups is 1. The number of anilines is 1. The van der Waals surface area contributed by atoms with E-state index in [4.69, 9.17) is 0 Å². The van der Waals surface area contributed by atoms with E-state index in [-0.39, 0.29) is 48.0 Å². The van der Waals surface area contributed by atoms with Crippen molar-refractivity contribution in [2.75, 3.05) is 30.7 Å². The van der Waals surface area contributed by atoms with E-state index in [2.05, 4.69) is 30.7 Å². The Labute approximate surface area is 223 Å². The maximum Gasteiger partial charge on any atom is 0.269 e. The number of benzene rings is 1. The summed E-state index contributed by atoms with van der Waals surface area (Å²) in [7, 11) is 0. The topological polar surface area (TPSA) is 105 Å². The first-order valence-corrected chi connectivity index (χ1v) is 12.5. The van der Waals surface area contributed by atoms with Gasteiger partial charge in [-0.15, -0.1) is 29.9 Å². The van der Waals surface area contributed by atoms with E-state index in [1.807, 2.05) is 6.07 Å². The summed E-state index contributed by atoms with van der Waals surface area (Å²) in [6, 6.07) is 5.34. The van der Waals surface area contributed by atoms with Crippen LogP contribution in [0.2, 0.25) is 0 Å². The Bertz CT molecular complexity index is 1350. The number of halogens is 3. The highest BCUT2D eigenvalue weighted by Crippen LogP contribution is 2.35. The fourth-order valence-electron chi connectivity index (χ4n) is 5.20. The highest BCUT2D eigenvalue weighted by atomic mass is 35.5. The van der Waals surface area contributed by atoms with E-state index >= 15 is 0 Å². The minimum Gasteiger partial charge on any atom is -0.323 e. The van der Waals surface area contributed by atoms with Crippen LogP contribution in [-0.2, 0) is 17.9 Å². The van der Waals surface area contributed by atoms with Gasteiger partial charge in [0, 0.05) is 37.2 Å². The zero-order valence-corrected chi connectivity index (χ0v) is 21.7. The van der Waals surface area contributed by atoms with Crippen molar-refractivity contribution in [2.24, 2.45) is 0 Å². The first-order chi connectivity index (χ1) is 16.5. The summed E-state index contributed by atoms with van der Waals surface area (Å²) >= 11 is 1.40.